The smallest absolute Gasteiger partial charge is 0.300 e. The van der Waals surface area contributed by atoms with Crippen LogP contribution in [-0.2, 0) is 0 Å². The highest BCUT2D eigenvalue weighted by atomic mass is 19.1. The van der Waals surface area contributed by atoms with E-state index in [1.165, 1.54) is 12.1 Å². The lowest BCUT2D eigenvalue weighted by atomic mass is 10.2. The number of pyridine rings is 2. The third-order valence-corrected chi connectivity index (χ3v) is 2.55. The van der Waals surface area contributed by atoms with Gasteiger partial charge in [0.1, 0.15) is 29.2 Å². The Labute approximate surface area is 118 Å². The maximum absolute atomic E-state index is 12.7. The van der Waals surface area contributed by atoms with E-state index in [1.54, 1.807) is 7.05 Å². The first-order chi connectivity index (χ1) is 10.0. The second-order valence-corrected chi connectivity index (χ2v) is 3.91. The largest absolute Gasteiger partial charge is 0.373 e. The SMILES string of the molecule is CNc1cc(C(=O)Nc2ccc(F)cn2)c([N+](=O)[O-])cn1. The molecular formula is C12H10FN5O3. The Hall–Kier alpha value is -3.10. The van der Waals surface area contributed by atoms with E-state index in [9.17, 15) is 19.3 Å². The van der Waals surface area contributed by atoms with Gasteiger partial charge in [-0.15, -0.1) is 0 Å². The number of carbonyl (C=O) groups excluding carboxylic acids is 1. The number of aromatic nitrogens is 2. The fourth-order valence-electron chi connectivity index (χ4n) is 1.55. The van der Waals surface area contributed by atoms with Crippen molar-refractivity contribution in [3.63, 3.8) is 0 Å². The summed E-state index contributed by atoms with van der Waals surface area (Å²) in [7, 11) is 1.57. The summed E-state index contributed by atoms with van der Waals surface area (Å²) in [5, 5.41) is 16.0. The van der Waals surface area contributed by atoms with Gasteiger partial charge in [0.2, 0.25) is 0 Å². The molecule has 0 saturated heterocycles. The van der Waals surface area contributed by atoms with Crippen LogP contribution in [0.4, 0.5) is 21.7 Å². The molecule has 2 rings (SSSR count). The molecule has 0 saturated carbocycles. The molecule has 2 heterocycles. The molecule has 0 spiro atoms. The molecule has 0 aliphatic rings. The van der Waals surface area contributed by atoms with Crippen molar-refractivity contribution >= 4 is 23.2 Å². The van der Waals surface area contributed by atoms with E-state index in [-0.39, 0.29) is 11.4 Å². The first-order valence-electron chi connectivity index (χ1n) is 5.76. The molecule has 108 valence electrons. The van der Waals surface area contributed by atoms with Gasteiger partial charge in [0, 0.05) is 13.1 Å². The summed E-state index contributed by atoms with van der Waals surface area (Å²) in [6.07, 6.45) is 1.91. The normalized spacial score (nSPS) is 10.0. The lowest BCUT2D eigenvalue weighted by Crippen LogP contribution is -2.15. The molecule has 2 aromatic heterocycles. The van der Waals surface area contributed by atoms with E-state index < -0.39 is 22.3 Å². The van der Waals surface area contributed by atoms with Gasteiger partial charge in [-0.05, 0) is 12.1 Å². The topological polar surface area (TPSA) is 110 Å². The summed E-state index contributed by atoms with van der Waals surface area (Å²) in [5.41, 5.74) is -0.612. The second-order valence-electron chi connectivity index (χ2n) is 3.91. The van der Waals surface area contributed by atoms with Gasteiger partial charge >= 0.3 is 0 Å². The number of carbonyl (C=O) groups is 1. The maximum Gasteiger partial charge on any atom is 0.300 e. The number of anilines is 2. The minimum absolute atomic E-state index is 0.0820. The molecule has 21 heavy (non-hydrogen) atoms. The zero-order chi connectivity index (χ0) is 15.4. The predicted molar refractivity (Wildman–Crippen MR) is 72.6 cm³/mol. The van der Waals surface area contributed by atoms with Crippen molar-refractivity contribution in [3.8, 4) is 0 Å². The number of rotatable bonds is 4. The van der Waals surface area contributed by atoms with E-state index >= 15 is 0 Å². The molecule has 0 atom stereocenters. The van der Waals surface area contributed by atoms with Crippen molar-refractivity contribution < 1.29 is 14.1 Å². The van der Waals surface area contributed by atoms with E-state index in [0.717, 1.165) is 18.5 Å². The second kappa shape index (κ2) is 5.90. The van der Waals surface area contributed by atoms with E-state index in [4.69, 9.17) is 0 Å². The van der Waals surface area contributed by atoms with Gasteiger partial charge in [-0.2, -0.15) is 0 Å². The van der Waals surface area contributed by atoms with Crippen LogP contribution >= 0.6 is 0 Å². The Bertz CT molecular complexity index is 690. The Morgan fingerprint density at radius 1 is 1.29 bits per heavy atom. The van der Waals surface area contributed by atoms with Crippen LogP contribution < -0.4 is 10.6 Å². The van der Waals surface area contributed by atoms with Crippen molar-refractivity contribution in [1.29, 1.82) is 0 Å². The maximum atomic E-state index is 12.7. The summed E-state index contributed by atoms with van der Waals surface area (Å²) >= 11 is 0. The molecule has 0 aliphatic heterocycles. The highest BCUT2D eigenvalue weighted by Crippen LogP contribution is 2.21. The molecule has 0 bridgehead atoms. The number of amides is 1. The van der Waals surface area contributed by atoms with Gasteiger partial charge in [-0.3, -0.25) is 14.9 Å². The number of nitro groups is 1. The van der Waals surface area contributed by atoms with Crippen molar-refractivity contribution in [2.45, 2.75) is 0 Å². The van der Waals surface area contributed by atoms with E-state index in [1.807, 2.05) is 0 Å². The van der Waals surface area contributed by atoms with Crippen LogP contribution in [0.1, 0.15) is 10.4 Å². The number of halogens is 1. The highest BCUT2D eigenvalue weighted by Gasteiger charge is 2.21. The van der Waals surface area contributed by atoms with E-state index in [0.29, 0.717) is 5.82 Å². The van der Waals surface area contributed by atoms with Crippen molar-refractivity contribution in [2.24, 2.45) is 0 Å². The van der Waals surface area contributed by atoms with Crippen LogP contribution in [-0.4, -0.2) is 27.8 Å². The molecular weight excluding hydrogens is 281 g/mol. The van der Waals surface area contributed by atoms with Gasteiger partial charge in [0.15, 0.2) is 0 Å². The minimum atomic E-state index is -0.736. The minimum Gasteiger partial charge on any atom is -0.373 e. The lowest BCUT2D eigenvalue weighted by Gasteiger charge is -2.06. The Morgan fingerprint density at radius 3 is 2.57 bits per heavy atom. The third kappa shape index (κ3) is 3.26. The first kappa shape index (κ1) is 14.3. The molecule has 1 amide bonds. The van der Waals surface area contributed by atoms with Crippen LogP contribution in [0.5, 0.6) is 0 Å². The summed E-state index contributed by atoms with van der Waals surface area (Å²) in [6.45, 7) is 0. The lowest BCUT2D eigenvalue weighted by molar-refractivity contribution is -0.385. The average Bonchev–Trinajstić information content (AvgIpc) is 2.48. The molecule has 0 fully saturated rings. The van der Waals surface area contributed by atoms with Crippen molar-refractivity contribution in [1.82, 2.24) is 9.97 Å². The fraction of sp³-hybridized carbons (Fsp3) is 0.0833. The van der Waals surface area contributed by atoms with Crippen LogP contribution in [0.2, 0.25) is 0 Å². The zero-order valence-electron chi connectivity index (χ0n) is 10.8. The summed E-state index contributed by atoms with van der Waals surface area (Å²) < 4.78 is 12.7. The Kier molecular flexibility index (Phi) is 4.02. The standard InChI is InChI=1S/C12H10FN5O3/c1-14-11-4-8(9(6-16-11)18(20)21)12(19)17-10-3-2-7(13)5-15-10/h2-6H,1H3,(H,14,16)(H,15,17,19). The Morgan fingerprint density at radius 2 is 2.00 bits per heavy atom. The average molecular weight is 291 g/mol. The monoisotopic (exact) mass is 291 g/mol. The molecule has 0 aromatic carbocycles. The number of nitrogens with one attached hydrogen (secondary N) is 2. The number of hydrogen-bond donors (Lipinski definition) is 2. The first-order valence-corrected chi connectivity index (χ1v) is 5.76. The summed E-state index contributed by atoms with van der Waals surface area (Å²) in [4.78, 5) is 29.7. The van der Waals surface area contributed by atoms with Gasteiger partial charge in [0.25, 0.3) is 11.6 Å². The van der Waals surface area contributed by atoms with Crippen LogP contribution in [0.3, 0.4) is 0 Å². The van der Waals surface area contributed by atoms with Gasteiger partial charge in [0.05, 0.1) is 11.1 Å². The van der Waals surface area contributed by atoms with E-state index in [2.05, 4.69) is 20.6 Å². The molecule has 0 aliphatic carbocycles. The Balaban J connectivity index is 2.33. The van der Waals surface area contributed by atoms with Crippen LogP contribution in [0.25, 0.3) is 0 Å². The summed E-state index contributed by atoms with van der Waals surface area (Å²) in [6, 6.07) is 3.61. The zero-order valence-corrected chi connectivity index (χ0v) is 10.8. The van der Waals surface area contributed by atoms with Crippen LogP contribution in [0.15, 0.2) is 30.6 Å². The summed E-state index contributed by atoms with van der Waals surface area (Å²) in [5.74, 6) is -0.906. The molecule has 0 unspecified atom stereocenters. The van der Waals surface area contributed by atoms with Gasteiger partial charge in [-0.1, -0.05) is 0 Å². The fourth-order valence-corrected chi connectivity index (χ4v) is 1.55. The van der Waals surface area contributed by atoms with Crippen molar-refractivity contribution in [3.05, 3.63) is 52.1 Å². The molecule has 0 radical (unpaired) electrons. The van der Waals surface area contributed by atoms with Gasteiger partial charge < -0.3 is 10.6 Å². The predicted octanol–water partition coefficient (Wildman–Crippen LogP) is 1.82. The number of hydrogen-bond acceptors (Lipinski definition) is 6. The number of nitrogens with zero attached hydrogens (tertiary/aromatic N) is 3. The molecule has 2 aromatic rings. The third-order valence-electron chi connectivity index (χ3n) is 2.55. The van der Waals surface area contributed by atoms with Gasteiger partial charge in [-0.25, -0.2) is 14.4 Å². The van der Waals surface area contributed by atoms with Crippen LogP contribution in [0, 0.1) is 15.9 Å². The molecule has 9 heteroatoms. The quantitative estimate of drug-likeness (QED) is 0.656. The molecule has 8 nitrogen and oxygen atoms in total. The van der Waals surface area contributed by atoms with Crippen molar-refractivity contribution in [2.75, 3.05) is 17.7 Å². The highest BCUT2D eigenvalue weighted by molar-refractivity contribution is 6.07. The molecule has 2 N–H and O–H groups in total.